The maximum Gasteiger partial charge on any atom is 0.330 e. The van der Waals surface area contributed by atoms with Crippen molar-refractivity contribution in [3.8, 4) is 0 Å². The van der Waals surface area contributed by atoms with Gasteiger partial charge in [-0.25, -0.2) is 4.79 Å². The molecular formula is C15H20O4. The molecule has 0 radical (unpaired) electrons. The molecule has 0 aliphatic carbocycles. The maximum atomic E-state index is 10.8. The Balaban J connectivity index is 2.09. The number of methoxy groups -OCH3 is 1. The molecule has 4 nitrogen and oxygen atoms in total. The molecule has 4 heteroatoms. The largest absolute Gasteiger partial charge is 0.466 e. The van der Waals surface area contributed by atoms with Gasteiger partial charge in [-0.1, -0.05) is 36.4 Å². The van der Waals surface area contributed by atoms with E-state index in [0.29, 0.717) is 13.0 Å². The molecule has 0 amide bonds. The van der Waals surface area contributed by atoms with Crippen molar-refractivity contribution in [1.29, 1.82) is 0 Å². The smallest absolute Gasteiger partial charge is 0.330 e. The first-order chi connectivity index (χ1) is 9.22. The molecule has 0 saturated carbocycles. The SMILES string of the molecule is COC(=O)C=CCC(C)OCOCc1ccccc1. The van der Waals surface area contributed by atoms with Gasteiger partial charge in [-0.15, -0.1) is 0 Å². The number of carbonyl (C=O) groups excluding carboxylic acids is 1. The van der Waals surface area contributed by atoms with Crippen LogP contribution < -0.4 is 0 Å². The molecule has 0 heterocycles. The topological polar surface area (TPSA) is 44.8 Å². The number of benzene rings is 1. The second kappa shape index (κ2) is 9.30. The van der Waals surface area contributed by atoms with E-state index in [1.165, 1.54) is 13.2 Å². The fourth-order valence-corrected chi connectivity index (χ4v) is 1.39. The van der Waals surface area contributed by atoms with Gasteiger partial charge in [-0.3, -0.25) is 0 Å². The highest BCUT2D eigenvalue weighted by Crippen LogP contribution is 2.03. The van der Waals surface area contributed by atoms with Crippen molar-refractivity contribution >= 4 is 5.97 Å². The van der Waals surface area contributed by atoms with Crippen molar-refractivity contribution in [2.45, 2.75) is 26.1 Å². The van der Waals surface area contributed by atoms with E-state index in [0.717, 1.165) is 5.56 Å². The van der Waals surface area contributed by atoms with E-state index in [4.69, 9.17) is 9.47 Å². The Hall–Kier alpha value is -1.65. The predicted molar refractivity (Wildman–Crippen MR) is 72.4 cm³/mol. The molecule has 1 rings (SSSR count). The third-order valence-electron chi connectivity index (χ3n) is 2.47. The Labute approximate surface area is 114 Å². The van der Waals surface area contributed by atoms with E-state index >= 15 is 0 Å². The Morgan fingerprint density at radius 3 is 2.74 bits per heavy atom. The minimum atomic E-state index is -0.354. The summed E-state index contributed by atoms with van der Waals surface area (Å²) in [5, 5.41) is 0. The van der Waals surface area contributed by atoms with Gasteiger partial charge in [0.25, 0.3) is 0 Å². The van der Waals surface area contributed by atoms with Crippen LogP contribution in [0.15, 0.2) is 42.5 Å². The first-order valence-corrected chi connectivity index (χ1v) is 6.20. The van der Waals surface area contributed by atoms with Crippen LogP contribution in [0.1, 0.15) is 18.9 Å². The van der Waals surface area contributed by atoms with E-state index in [1.807, 2.05) is 37.3 Å². The normalized spacial score (nSPS) is 12.5. The average molecular weight is 264 g/mol. The van der Waals surface area contributed by atoms with Crippen LogP contribution in [0.4, 0.5) is 0 Å². The third-order valence-corrected chi connectivity index (χ3v) is 2.47. The summed E-state index contributed by atoms with van der Waals surface area (Å²) >= 11 is 0. The highest BCUT2D eigenvalue weighted by atomic mass is 16.7. The fourth-order valence-electron chi connectivity index (χ4n) is 1.39. The van der Waals surface area contributed by atoms with Gasteiger partial charge in [0.1, 0.15) is 6.79 Å². The summed E-state index contributed by atoms with van der Waals surface area (Å²) in [6.45, 7) is 2.70. The summed E-state index contributed by atoms with van der Waals surface area (Å²) in [7, 11) is 1.35. The number of ether oxygens (including phenoxy) is 3. The molecule has 0 aromatic heterocycles. The fraction of sp³-hybridized carbons (Fsp3) is 0.400. The molecule has 0 aliphatic rings. The molecule has 104 valence electrons. The van der Waals surface area contributed by atoms with Crippen molar-refractivity contribution < 1.29 is 19.0 Å². The molecule has 1 atom stereocenters. The van der Waals surface area contributed by atoms with Crippen molar-refractivity contribution in [2.75, 3.05) is 13.9 Å². The molecule has 0 saturated heterocycles. The molecule has 0 N–H and O–H groups in total. The van der Waals surface area contributed by atoms with Gasteiger partial charge in [-0.2, -0.15) is 0 Å². The van der Waals surface area contributed by atoms with Gasteiger partial charge in [0, 0.05) is 6.08 Å². The van der Waals surface area contributed by atoms with E-state index in [2.05, 4.69) is 4.74 Å². The molecule has 19 heavy (non-hydrogen) atoms. The lowest BCUT2D eigenvalue weighted by Crippen LogP contribution is -2.10. The van der Waals surface area contributed by atoms with Crippen LogP contribution >= 0.6 is 0 Å². The van der Waals surface area contributed by atoms with Crippen molar-refractivity contribution in [3.63, 3.8) is 0 Å². The van der Waals surface area contributed by atoms with E-state index < -0.39 is 0 Å². The van der Waals surface area contributed by atoms with Crippen LogP contribution in [-0.4, -0.2) is 26.0 Å². The summed E-state index contributed by atoms with van der Waals surface area (Å²) in [5.41, 5.74) is 1.12. The van der Waals surface area contributed by atoms with Crippen molar-refractivity contribution in [2.24, 2.45) is 0 Å². The van der Waals surface area contributed by atoms with Gasteiger partial charge >= 0.3 is 5.97 Å². The zero-order chi connectivity index (χ0) is 13.9. The molecule has 0 bridgehead atoms. The second-order valence-corrected chi connectivity index (χ2v) is 4.09. The van der Waals surface area contributed by atoms with Crippen molar-refractivity contribution in [3.05, 3.63) is 48.0 Å². The standard InChI is InChI=1S/C15H20O4/c1-13(7-6-10-15(16)17-2)19-12-18-11-14-8-4-3-5-9-14/h3-6,8-10,13H,7,11-12H2,1-2H3. The highest BCUT2D eigenvalue weighted by Gasteiger charge is 2.00. The van der Waals surface area contributed by atoms with Gasteiger partial charge in [0.2, 0.25) is 0 Å². The van der Waals surface area contributed by atoms with Gasteiger partial charge in [-0.05, 0) is 18.9 Å². The third kappa shape index (κ3) is 7.39. The maximum absolute atomic E-state index is 10.8. The molecular weight excluding hydrogens is 244 g/mol. The average Bonchev–Trinajstić information content (AvgIpc) is 2.44. The monoisotopic (exact) mass is 264 g/mol. The van der Waals surface area contributed by atoms with Crippen LogP contribution in [0.25, 0.3) is 0 Å². The summed E-state index contributed by atoms with van der Waals surface area (Å²) in [6.07, 6.45) is 3.76. The zero-order valence-electron chi connectivity index (χ0n) is 11.4. The summed E-state index contributed by atoms with van der Waals surface area (Å²) in [6, 6.07) is 9.92. The lowest BCUT2D eigenvalue weighted by atomic mass is 10.2. The lowest BCUT2D eigenvalue weighted by molar-refractivity contribution is -0.134. The quantitative estimate of drug-likeness (QED) is 0.313. The van der Waals surface area contributed by atoms with Crippen LogP contribution in [0.2, 0.25) is 0 Å². The Morgan fingerprint density at radius 2 is 2.05 bits per heavy atom. The number of hydrogen-bond donors (Lipinski definition) is 0. The summed E-state index contributed by atoms with van der Waals surface area (Å²) < 4.78 is 15.3. The Kier molecular flexibility index (Phi) is 7.54. The Morgan fingerprint density at radius 1 is 1.32 bits per heavy atom. The van der Waals surface area contributed by atoms with Gasteiger partial charge in [0.15, 0.2) is 0 Å². The number of rotatable bonds is 8. The van der Waals surface area contributed by atoms with E-state index in [-0.39, 0.29) is 18.9 Å². The molecule has 0 fully saturated rings. The van der Waals surface area contributed by atoms with Crippen LogP contribution in [0.3, 0.4) is 0 Å². The highest BCUT2D eigenvalue weighted by molar-refractivity contribution is 5.81. The van der Waals surface area contributed by atoms with Crippen molar-refractivity contribution in [1.82, 2.24) is 0 Å². The molecule has 0 spiro atoms. The number of esters is 1. The molecule has 1 aromatic carbocycles. The second-order valence-electron chi connectivity index (χ2n) is 4.09. The minimum Gasteiger partial charge on any atom is -0.466 e. The first-order valence-electron chi connectivity index (χ1n) is 6.20. The summed E-state index contributed by atoms with van der Waals surface area (Å²) in [4.78, 5) is 10.8. The van der Waals surface area contributed by atoms with Crippen LogP contribution in [0, 0.1) is 0 Å². The van der Waals surface area contributed by atoms with Gasteiger partial charge < -0.3 is 14.2 Å². The molecule has 1 aromatic rings. The minimum absolute atomic E-state index is 0.00307. The number of hydrogen-bond acceptors (Lipinski definition) is 4. The molecule has 0 aliphatic heterocycles. The summed E-state index contributed by atoms with van der Waals surface area (Å²) in [5.74, 6) is -0.354. The molecule has 1 unspecified atom stereocenters. The van der Waals surface area contributed by atoms with E-state index in [9.17, 15) is 4.79 Å². The zero-order valence-corrected chi connectivity index (χ0v) is 11.4. The number of carbonyl (C=O) groups is 1. The first kappa shape index (κ1) is 15.4. The van der Waals surface area contributed by atoms with E-state index in [1.54, 1.807) is 6.08 Å². The van der Waals surface area contributed by atoms with Crippen LogP contribution in [0.5, 0.6) is 0 Å². The Bertz CT molecular complexity index is 386. The predicted octanol–water partition coefficient (Wildman–Crippen LogP) is 2.69. The lowest BCUT2D eigenvalue weighted by Gasteiger charge is -2.11. The van der Waals surface area contributed by atoms with Gasteiger partial charge in [0.05, 0.1) is 19.8 Å². The van der Waals surface area contributed by atoms with Crippen LogP contribution in [-0.2, 0) is 25.6 Å².